The molecule has 5 heteroatoms. The van der Waals surface area contributed by atoms with Gasteiger partial charge in [0, 0.05) is 16.9 Å². The van der Waals surface area contributed by atoms with E-state index in [0.29, 0.717) is 5.57 Å². The smallest absolute Gasteiger partial charge is 0.334 e. The minimum atomic E-state index is -0.870. The van der Waals surface area contributed by atoms with E-state index >= 15 is 0 Å². The molecule has 0 bridgehead atoms. The highest BCUT2D eigenvalue weighted by Gasteiger charge is 2.58. The fraction of sp³-hybridized carbons (Fsp3) is 0.533. The Morgan fingerprint density at radius 2 is 2.15 bits per heavy atom. The summed E-state index contributed by atoms with van der Waals surface area (Å²) in [6, 6.07) is 0. The topological polar surface area (TPSA) is 87.0 Å². The third-order valence-corrected chi connectivity index (χ3v) is 4.56. The molecule has 0 aromatic heterocycles. The molecule has 0 aromatic rings. The number of fused-ring (bicyclic) bond motifs is 1. The molecule has 5 nitrogen and oxygen atoms in total. The first-order valence-electron chi connectivity index (χ1n) is 6.52. The Hall–Kier alpha value is -1.43. The van der Waals surface area contributed by atoms with Gasteiger partial charge in [0.25, 0.3) is 0 Å². The van der Waals surface area contributed by atoms with E-state index in [1.54, 1.807) is 6.08 Å². The van der Waals surface area contributed by atoms with Crippen molar-refractivity contribution in [3.8, 4) is 0 Å². The molecule has 0 radical (unpaired) electrons. The molecular weight excluding hydrogens is 260 g/mol. The molecule has 1 aliphatic heterocycles. The van der Waals surface area contributed by atoms with Crippen LogP contribution < -0.4 is 0 Å². The SMILES string of the molecule is C=C[C@]1(CO)C[C@H](O)[C@H]2C(=C)C(=O)O[C@@H]2[C@H]1C(=C)CO. The van der Waals surface area contributed by atoms with Crippen LogP contribution in [-0.2, 0) is 9.53 Å². The molecule has 0 spiro atoms. The first-order valence-corrected chi connectivity index (χ1v) is 6.52. The highest BCUT2D eigenvalue weighted by molar-refractivity contribution is 5.91. The van der Waals surface area contributed by atoms with E-state index in [2.05, 4.69) is 19.7 Å². The van der Waals surface area contributed by atoms with Crippen LogP contribution in [0, 0.1) is 17.3 Å². The molecule has 2 aliphatic rings. The van der Waals surface area contributed by atoms with Crippen LogP contribution in [0.15, 0.2) is 37.0 Å². The van der Waals surface area contributed by atoms with Crippen molar-refractivity contribution in [3.63, 3.8) is 0 Å². The summed E-state index contributed by atoms with van der Waals surface area (Å²) in [5, 5.41) is 29.4. The lowest BCUT2D eigenvalue weighted by molar-refractivity contribution is -0.148. The molecule has 2 rings (SSSR count). The van der Waals surface area contributed by atoms with Gasteiger partial charge in [0.1, 0.15) is 6.10 Å². The fourth-order valence-electron chi connectivity index (χ4n) is 3.48. The van der Waals surface area contributed by atoms with Gasteiger partial charge in [-0.25, -0.2) is 4.79 Å². The molecule has 5 atom stereocenters. The zero-order valence-corrected chi connectivity index (χ0v) is 11.3. The van der Waals surface area contributed by atoms with E-state index in [0.717, 1.165) is 0 Å². The van der Waals surface area contributed by atoms with Crippen molar-refractivity contribution >= 4 is 5.97 Å². The Labute approximate surface area is 117 Å². The fourth-order valence-corrected chi connectivity index (χ4v) is 3.48. The van der Waals surface area contributed by atoms with Gasteiger partial charge in [-0.3, -0.25) is 0 Å². The Morgan fingerprint density at radius 1 is 1.50 bits per heavy atom. The number of aliphatic hydroxyl groups excluding tert-OH is 3. The van der Waals surface area contributed by atoms with E-state index in [1.807, 2.05) is 0 Å². The van der Waals surface area contributed by atoms with Crippen LogP contribution in [0.1, 0.15) is 6.42 Å². The summed E-state index contributed by atoms with van der Waals surface area (Å²) in [4.78, 5) is 11.7. The highest BCUT2D eigenvalue weighted by Crippen LogP contribution is 2.52. The number of carbonyl (C=O) groups is 1. The third-order valence-electron chi connectivity index (χ3n) is 4.56. The van der Waals surface area contributed by atoms with Crippen LogP contribution >= 0.6 is 0 Å². The first-order chi connectivity index (χ1) is 9.41. The number of ether oxygens (including phenoxy) is 1. The molecule has 0 unspecified atom stereocenters. The molecule has 1 aliphatic carbocycles. The van der Waals surface area contributed by atoms with Gasteiger partial charge in [0.05, 0.1) is 25.2 Å². The molecule has 1 saturated carbocycles. The predicted octanol–water partition coefficient (Wildman–Crippen LogP) is 0.178. The first kappa shape index (κ1) is 15.0. The average molecular weight is 280 g/mol. The molecule has 1 saturated heterocycles. The molecule has 0 amide bonds. The maximum absolute atomic E-state index is 11.7. The van der Waals surface area contributed by atoms with Crippen molar-refractivity contribution in [2.75, 3.05) is 13.2 Å². The summed E-state index contributed by atoms with van der Waals surface area (Å²) in [5.41, 5.74) is -0.192. The second-order valence-corrected chi connectivity index (χ2v) is 5.58. The van der Waals surface area contributed by atoms with Crippen LogP contribution in [0.25, 0.3) is 0 Å². The van der Waals surface area contributed by atoms with E-state index in [-0.39, 0.29) is 25.2 Å². The number of aliphatic hydroxyl groups is 3. The van der Waals surface area contributed by atoms with Crippen LogP contribution in [0.5, 0.6) is 0 Å². The summed E-state index contributed by atoms with van der Waals surface area (Å²) in [5.74, 6) is -1.57. The molecule has 2 fully saturated rings. The molecule has 3 N–H and O–H groups in total. The van der Waals surface area contributed by atoms with Crippen LogP contribution in [-0.4, -0.2) is 46.7 Å². The number of carbonyl (C=O) groups excluding carboxylic acids is 1. The van der Waals surface area contributed by atoms with E-state index < -0.39 is 35.4 Å². The van der Waals surface area contributed by atoms with Crippen molar-refractivity contribution in [3.05, 3.63) is 37.0 Å². The van der Waals surface area contributed by atoms with Crippen molar-refractivity contribution in [1.29, 1.82) is 0 Å². The van der Waals surface area contributed by atoms with Crippen molar-refractivity contribution in [2.45, 2.75) is 18.6 Å². The lowest BCUT2D eigenvalue weighted by atomic mass is 9.58. The van der Waals surface area contributed by atoms with Gasteiger partial charge in [-0.15, -0.1) is 6.58 Å². The van der Waals surface area contributed by atoms with Crippen LogP contribution in [0.4, 0.5) is 0 Å². The zero-order valence-electron chi connectivity index (χ0n) is 11.3. The third kappa shape index (κ3) is 1.93. The van der Waals surface area contributed by atoms with Gasteiger partial charge in [-0.2, -0.15) is 0 Å². The second kappa shape index (κ2) is 5.16. The largest absolute Gasteiger partial charge is 0.458 e. The van der Waals surface area contributed by atoms with E-state index in [4.69, 9.17) is 4.74 Å². The predicted molar refractivity (Wildman–Crippen MR) is 72.6 cm³/mol. The van der Waals surface area contributed by atoms with E-state index in [1.165, 1.54) is 0 Å². The van der Waals surface area contributed by atoms with Crippen molar-refractivity contribution in [1.82, 2.24) is 0 Å². The zero-order chi connectivity index (χ0) is 15.1. The maximum atomic E-state index is 11.7. The van der Waals surface area contributed by atoms with Gasteiger partial charge in [-0.1, -0.05) is 19.2 Å². The lowest BCUT2D eigenvalue weighted by Gasteiger charge is -2.48. The number of hydrogen-bond donors (Lipinski definition) is 3. The summed E-state index contributed by atoms with van der Waals surface area (Å²) >= 11 is 0. The summed E-state index contributed by atoms with van der Waals surface area (Å²) in [6.07, 6.45) is 0.232. The molecule has 20 heavy (non-hydrogen) atoms. The normalized spacial score (nSPS) is 40.1. The number of rotatable bonds is 4. The molecule has 110 valence electrons. The molecular formula is C15H20O5. The Bertz CT molecular complexity index is 469. The number of hydrogen-bond acceptors (Lipinski definition) is 5. The van der Waals surface area contributed by atoms with E-state index in [9.17, 15) is 20.1 Å². The van der Waals surface area contributed by atoms with Gasteiger partial charge in [-0.05, 0) is 12.0 Å². The number of esters is 1. The lowest BCUT2D eigenvalue weighted by Crippen LogP contribution is -2.53. The van der Waals surface area contributed by atoms with Crippen LogP contribution in [0.2, 0.25) is 0 Å². The Kier molecular flexibility index (Phi) is 3.86. The summed E-state index contributed by atoms with van der Waals surface area (Å²) in [7, 11) is 0. The summed E-state index contributed by atoms with van der Waals surface area (Å²) < 4.78 is 5.31. The highest BCUT2D eigenvalue weighted by atomic mass is 16.6. The monoisotopic (exact) mass is 280 g/mol. The standard InChI is InChI=1S/C15H20O5/c1-4-15(7-17)5-10(18)11-9(3)14(19)20-13(11)12(15)8(2)6-16/h4,10-13,16-18H,1-3,5-7H2/t10-,11+,12+,13-,15+/m0/s1. The van der Waals surface area contributed by atoms with Gasteiger partial charge in [0.2, 0.25) is 0 Å². The van der Waals surface area contributed by atoms with Crippen LogP contribution in [0.3, 0.4) is 0 Å². The van der Waals surface area contributed by atoms with Gasteiger partial charge in [0.15, 0.2) is 0 Å². The van der Waals surface area contributed by atoms with Crippen molar-refractivity contribution in [2.24, 2.45) is 17.3 Å². The molecule has 0 aromatic carbocycles. The van der Waals surface area contributed by atoms with Gasteiger partial charge >= 0.3 is 5.97 Å². The minimum absolute atomic E-state index is 0.216. The maximum Gasteiger partial charge on any atom is 0.334 e. The minimum Gasteiger partial charge on any atom is -0.458 e. The second-order valence-electron chi connectivity index (χ2n) is 5.58. The Morgan fingerprint density at radius 3 is 2.65 bits per heavy atom. The molecule has 1 heterocycles. The van der Waals surface area contributed by atoms with Gasteiger partial charge < -0.3 is 20.1 Å². The quantitative estimate of drug-likeness (QED) is 0.388. The van der Waals surface area contributed by atoms with Crippen molar-refractivity contribution < 1.29 is 24.9 Å². The average Bonchev–Trinajstić information content (AvgIpc) is 2.73. The summed E-state index contributed by atoms with van der Waals surface area (Å²) in [6.45, 7) is 10.6. The Balaban J connectivity index is 2.50.